The molecule has 8 heteroatoms. The average molecular weight is 513 g/mol. The Bertz CT molecular complexity index is 1320. The summed E-state index contributed by atoms with van der Waals surface area (Å²) >= 11 is 0. The van der Waals surface area contributed by atoms with Crippen LogP contribution in [0.15, 0.2) is 60.7 Å². The van der Waals surface area contributed by atoms with E-state index < -0.39 is 10.0 Å². The molecule has 6 nitrogen and oxygen atoms in total. The van der Waals surface area contributed by atoms with Gasteiger partial charge in [-0.05, 0) is 90.6 Å². The topological polar surface area (TPSA) is 75.7 Å². The van der Waals surface area contributed by atoms with Crippen molar-refractivity contribution >= 4 is 21.6 Å². The van der Waals surface area contributed by atoms with Crippen LogP contribution in [0.2, 0.25) is 0 Å². The maximum atomic E-state index is 13.2. The molecule has 36 heavy (non-hydrogen) atoms. The fourth-order valence-corrected chi connectivity index (χ4v) is 4.99. The number of sulfonamides is 1. The molecular weight excluding hydrogens is 479 g/mol. The van der Waals surface area contributed by atoms with Gasteiger partial charge in [0.05, 0.1) is 31.6 Å². The first-order chi connectivity index (χ1) is 16.9. The number of nitrogens with zero attached hydrogens (tertiary/aromatic N) is 1. The van der Waals surface area contributed by atoms with E-state index in [-0.39, 0.29) is 30.2 Å². The molecule has 3 aromatic rings. The van der Waals surface area contributed by atoms with Gasteiger partial charge in [0, 0.05) is 5.56 Å². The van der Waals surface area contributed by atoms with Crippen LogP contribution in [0.25, 0.3) is 0 Å². The number of hydrogen-bond acceptors (Lipinski definition) is 4. The van der Waals surface area contributed by atoms with Gasteiger partial charge in [-0.1, -0.05) is 26.0 Å². The second kappa shape index (κ2) is 11.1. The second-order valence-electron chi connectivity index (χ2n) is 9.24. The molecular formula is C28H33FN2O4S. The Morgan fingerprint density at radius 1 is 1.00 bits per heavy atom. The predicted octanol–water partition coefficient (Wildman–Crippen LogP) is 5.72. The Morgan fingerprint density at radius 3 is 2.14 bits per heavy atom. The Balaban J connectivity index is 1.79. The van der Waals surface area contributed by atoms with Crippen LogP contribution in [-0.2, 0) is 16.6 Å². The molecule has 0 aliphatic rings. The summed E-state index contributed by atoms with van der Waals surface area (Å²) in [4.78, 5) is 13.0. The predicted molar refractivity (Wildman–Crippen MR) is 142 cm³/mol. The van der Waals surface area contributed by atoms with Crippen LogP contribution in [0.5, 0.6) is 5.75 Å². The first-order valence-electron chi connectivity index (χ1n) is 11.7. The number of halogens is 1. The summed E-state index contributed by atoms with van der Waals surface area (Å²) in [6.07, 6.45) is 1.11. The van der Waals surface area contributed by atoms with Crippen LogP contribution in [-0.4, -0.2) is 27.7 Å². The monoisotopic (exact) mass is 512 g/mol. The minimum atomic E-state index is -3.61. The van der Waals surface area contributed by atoms with Crippen molar-refractivity contribution in [1.29, 1.82) is 0 Å². The molecule has 1 atom stereocenters. The van der Waals surface area contributed by atoms with Gasteiger partial charge < -0.3 is 10.1 Å². The van der Waals surface area contributed by atoms with Crippen LogP contribution >= 0.6 is 0 Å². The van der Waals surface area contributed by atoms with E-state index in [4.69, 9.17) is 4.74 Å². The van der Waals surface area contributed by atoms with Crippen molar-refractivity contribution in [2.75, 3.05) is 17.7 Å². The number of carbonyl (C=O) groups is 1. The lowest BCUT2D eigenvalue weighted by molar-refractivity contribution is 0.0940. The Kier molecular flexibility index (Phi) is 8.40. The van der Waals surface area contributed by atoms with E-state index in [1.807, 2.05) is 19.9 Å². The highest BCUT2D eigenvalue weighted by Gasteiger charge is 2.20. The van der Waals surface area contributed by atoms with Crippen molar-refractivity contribution < 1.29 is 22.3 Å². The van der Waals surface area contributed by atoms with Crippen molar-refractivity contribution in [3.63, 3.8) is 0 Å². The van der Waals surface area contributed by atoms with Crippen LogP contribution in [0.4, 0.5) is 10.1 Å². The van der Waals surface area contributed by atoms with E-state index in [1.165, 1.54) is 16.4 Å². The lowest BCUT2D eigenvalue weighted by Gasteiger charge is -2.23. The number of carbonyl (C=O) groups excluding carboxylic acids is 1. The normalized spacial score (nSPS) is 12.3. The highest BCUT2D eigenvalue weighted by molar-refractivity contribution is 7.92. The van der Waals surface area contributed by atoms with Crippen LogP contribution in [0.3, 0.4) is 0 Å². The molecule has 0 radical (unpaired) electrons. The van der Waals surface area contributed by atoms with Crippen LogP contribution in [0.1, 0.15) is 65.3 Å². The minimum absolute atomic E-state index is 0.0522. The summed E-state index contributed by atoms with van der Waals surface area (Å²) < 4.78 is 44.9. The second-order valence-corrected chi connectivity index (χ2v) is 11.2. The number of hydrogen-bond donors (Lipinski definition) is 1. The van der Waals surface area contributed by atoms with Gasteiger partial charge in [0.15, 0.2) is 0 Å². The summed E-state index contributed by atoms with van der Waals surface area (Å²) in [6.45, 7) is 8.16. The van der Waals surface area contributed by atoms with E-state index in [0.29, 0.717) is 16.8 Å². The van der Waals surface area contributed by atoms with E-state index in [2.05, 4.69) is 25.2 Å². The zero-order valence-electron chi connectivity index (χ0n) is 21.5. The highest BCUT2D eigenvalue weighted by Crippen LogP contribution is 2.32. The molecule has 0 unspecified atom stereocenters. The zero-order valence-corrected chi connectivity index (χ0v) is 22.3. The third kappa shape index (κ3) is 6.43. The van der Waals surface area contributed by atoms with Crippen molar-refractivity contribution in [3.8, 4) is 5.75 Å². The van der Waals surface area contributed by atoms with Gasteiger partial charge in [-0.2, -0.15) is 0 Å². The Morgan fingerprint density at radius 2 is 1.61 bits per heavy atom. The number of nitrogens with one attached hydrogen (secondary N) is 1. The van der Waals surface area contributed by atoms with Gasteiger partial charge in [0.1, 0.15) is 11.6 Å². The molecule has 0 fully saturated rings. The van der Waals surface area contributed by atoms with E-state index in [0.717, 1.165) is 28.7 Å². The third-order valence-corrected chi connectivity index (χ3v) is 7.25. The van der Waals surface area contributed by atoms with E-state index in [1.54, 1.807) is 43.5 Å². The van der Waals surface area contributed by atoms with Crippen molar-refractivity contribution in [2.45, 2.75) is 46.2 Å². The smallest absolute Gasteiger partial charge is 0.251 e. The fraction of sp³-hybridized carbons (Fsp3) is 0.321. The molecule has 192 valence electrons. The number of rotatable bonds is 9. The Labute approximate surface area is 213 Å². The molecule has 0 aliphatic heterocycles. The van der Waals surface area contributed by atoms with Crippen molar-refractivity contribution in [1.82, 2.24) is 5.32 Å². The molecule has 1 amide bonds. The van der Waals surface area contributed by atoms with Gasteiger partial charge in [0.2, 0.25) is 10.0 Å². The maximum absolute atomic E-state index is 13.2. The lowest BCUT2D eigenvalue weighted by atomic mass is 9.93. The average Bonchev–Trinajstić information content (AvgIpc) is 2.82. The molecule has 1 N–H and O–H groups in total. The summed E-state index contributed by atoms with van der Waals surface area (Å²) in [5.74, 6) is 0.443. The summed E-state index contributed by atoms with van der Waals surface area (Å²) in [5.41, 5.74) is 4.57. The summed E-state index contributed by atoms with van der Waals surface area (Å²) in [5, 5.41) is 3.03. The van der Waals surface area contributed by atoms with Crippen LogP contribution < -0.4 is 14.4 Å². The zero-order chi connectivity index (χ0) is 26.6. The van der Waals surface area contributed by atoms with Gasteiger partial charge in [-0.25, -0.2) is 12.8 Å². The first-order valence-corrected chi connectivity index (χ1v) is 13.6. The SMILES string of the molecule is COc1cc(C)c([C@H](C)NC(=O)c2ccc(N(Cc3ccc(F)cc3)S(C)(=O)=O)cc2)cc1C(C)C. The number of methoxy groups -OCH3 is 1. The highest BCUT2D eigenvalue weighted by atomic mass is 32.2. The summed E-state index contributed by atoms with van der Waals surface area (Å²) in [6, 6.07) is 15.9. The molecule has 0 bridgehead atoms. The number of benzene rings is 3. The van der Waals surface area contributed by atoms with Crippen molar-refractivity contribution in [3.05, 3.63) is 94.3 Å². The van der Waals surface area contributed by atoms with E-state index in [9.17, 15) is 17.6 Å². The van der Waals surface area contributed by atoms with Crippen molar-refractivity contribution in [2.24, 2.45) is 0 Å². The van der Waals surface area contributed by atoms with Gasteiger partial charge in [-0.3, -0.25) is 9.10 Å². The third-order valence-electron chi connectivity index (χ3n) is 6.11. The number of anilines is 1. The molecule has 3 aromatic carbocycles. The molecule has 0 heterocycles. The first kappa shape index (κ1) is 27.2. The number of amides is 1. The minimum Gasteiger partial charge on any atom is -0.496 e. The largest absolute Gasteiger partial charge is 0.496 e. The molecule has 0 saturated heterocycles. The standard InChI is InChI=1S/C28H33FN2O4S/c1-18(2)25-16-26(19(3)15-27(25)35-5)20(4)30-28(32)22-9-13-24(14-10-22)31(36(6,33)34)17-21-7-11-23(29)12-8-21/h7-16,18,20H,17H2,1-6H3,(H,30,32)/t20-/m0/s1. The number of aryl methyl sites for hydroxylation is 1. The van der Waals surface area contributed by atoms with Gasteiger partial charge >= 0.3 is 0 Å². The number of ether oxygens (including phenoxy) is 1. The van der Waals surface area contributed by atoms with Gasteiger partial charge in [-0.15, -0.1) is 0 Å². The quantitative estimate of drug-likeness (QED) is 0.398. The van der Waals surface area contributed by atoms with E-state index >= 15 is 0 Å². The summed E-state index contributed by atoms with van der Waals surface area (Å²) in [7, 11) is -1.95. The molecule has 0 aromatic heterocycles. The molecule has 0 spiro atoms. The van der Waals surface area contributed by atoms with Gasteiger partial charge in [0.25, 0.3) is 5.91 Å². The van der Waals surface area contributed by atoms with Crippen LogP contribution in [0, 0.1) is 12.7 Å². The lowest BCUT2D eigenvalue weighted by Crippen LogP contribution is -2.30. The molecule has 0 aliphatic carbocycles. The molecule has 0 saturated carbocycles. The Hall–Kier alpha value is -3.39. The maximum Gasteiger partial charge on any atom is 0.251 e. The molecule has 3 rings (SSSR count). The fourth-order valence-electron chi connectivity index (χ4n) is 4.10.